The SMILES string of the molecule is CC/C=C(/CCC(C)(C)OCCC(C)C)NCC(=O)NC(CCCNC(N)=O)C(=O)Nc1ccc(COONC)cc1. The molecule has 0 saturated heterocycles. The number of nitrogens with two attached hydrogens (primary N) is 1. The molecule has 0 saturated carbocycles. The van der Waals surface area contributed by atoms with E-state index in [9.17, 15) is 14.4 Å². The van der Waals surface area contributed by atoms with Gasteiger partial charge in [0.1, 0.15) is 12.6 Å². The smallest absolute Gasteiger partial charge is 0.312 e. The summed E-state index contributed by atoms with van der Waals surface area (Å²) in [4.78, 5) is 46.7. The number of allylic oxidation sites excluding steroid dienone is 2. The van der Waals surface area contributed by atoms with E-state index in [4.69, 9.17) is 15.4 Å². The van der Waals surface area contributed by atoms with Crippen molar-refractivity contribution in [2.75, 3.05) is 32.1 Å². The monoisotopic (exact) mass is 592 g/mol. The molecule has 0 bridgehead atoms. The van der Waals surface area contributed by atoms with Gasteiger partial charge in [-0.05, 0) is 76.0 Å². The van der Waals surface area contributed by atoms with Gasteiger partial charge in [-0.25, -0.2) is 9.68 Å². The van der Waals surface area contributed by atoms with Gasteiger partial charge in [0.15, 0.2) is 0 Å². The molecule has 4 amide bonds. The summed E-state index contributed by atoms with van der Waals surface area (Å²) < 4.78 is 6.09. The molecule has 0 aliphatic heterocycles. The normalized spacial score (nSPS) is 12.6. The van der Waals surface area contributed by atoms with Gasteiger partial charge < -0.3 is 31.7 Å². The molecule has 0 aliphatic carbocycles. The minimum atomic E-state index is -0.812. The Bertz CT molecular complexity index is 968. The molecule has 0 fully saturated rings. The average molecular weight is 593 g/mol. The third-order valence-corrected chi connectivity index (χ3v) is 6.32. The molecule has 7 N–H and O–H groups in total. The van der Waals surface area contributed by atoms with Crippen molar-refractivity contribution in [1.29, 1.82) is 0 Å². The topological polar surface area (TPSA) is 165 Å². The number of hydrogen-bond donors (Lipinski definition) is 6. The molecule has 0 spiro atoms. The molecule has 1 aromatic rings. The molecule has 12 nitrogen and oxygen atoms in total. The van der Waals surface area contributed by atoms with Crippen LogP contribution in [0.5, 0.6) is 0 Å². The molecule has 0 aliphatic rings. The summed E-state index contributed by atoms with van der Waals surface area (Å²) in [6.45, 7) is 11.8. The lowest BCUT2D eigenvalue weighted by Gasteiger charge is -2.27. The van der Waals surface area contributed by atoms with Gasteiger partial charge >= 0.3 is 6.03 Å². The fourth-order valence-corrected chi connectivity index (χ4v) is 3.88. The number of ether oxygens (including phenoxy) is 1. The highest BCUT2D eigenvalue weighted by atomic mass is 17.3. The maximum absolute atomic E-state index is 13.1. The molecule has 0 radical (unpaired) electrons. The van der Waals surface area contributed by atoms with Crippen LogP contribution in [-0.4, -0.2) is 56.2 Å². The number of hydrogen-bond acceptors (Lipinski definition) is 8. The summed E-state index contributed by atoms with van der Waals surface area (Å²) in [6.07, 6.45) is 6.20. The summed E-state index contributed by atoms with van der Waals surface area (Å²) >= 11 is 0. The lowest BCUT2D eigenvalue weighted by Crippen LogP contribution is -2.47. The van der Waals surface area contributed by atoms with Gasteiger partial charge in [0, 0.05) is 31.6 Å². The van der Waals surface area contributed by atoms with Gasteiger partial charge in [-0.1, -0.05) is 39.0 Å². The Labute approximate surface area is 250 Å². The van der Waals surface area contributed by atoms with E-state index in [0.29, 0.717) is 24.4 Å². The van der Waals surface area contributed by atoms with Gasteiger partial charge in [0.05, 0.1) is 12.1 Å². The number of amides is 4. The molecule has 1 rings (SSSR count). The molecule has 1 unspecified atom stereocenters. The van der Waals surface area contributed by atoms with Crippen LogP contribution in [0.15, 0.2) is 36.0 Å². The van der Waals surface area contributed by atoms with Gasteiger partial charge in [-0.15, -0.1) is 4.99 Å². The van der Waals surface area contributed by atoms with Crippen LogP contribution in [0.25, 0.3) is 0 Å². The maximum Gasteiger partial charge on any atom is 0.312 e. The van der Waals surface area contributed by atoms with E-state index in [0.717, 1.165) is 43.6 Å². The van der Waals surface area contributed by atoms with Crippen LogP contribution in [0.2, 0.25) is 0 Å². The van der Waals surface area contributed by atoms with E-state index in [-0.39, 0.29) is 37.1 Å². The summed E-state index contributed by atoms with van der Waals surface area (Å²) in [5.41, 5.74) is 9.65. The van der Waals surface area contributed by atoms with Gasteiger partial charge in [-0.2, -0.15) is 5.48 Å². The quantitative estimate of drug-likeness (QED) is 0.0675. The third kappa shape index (κ3) is 17.6. The number of benzene rings is 1. The summed E-state index contributed by atoms with van der Waals surface area (Å²) in [5, 5.41) is 11.4. The number of nitrogens with one attached hydrogen (secondary N) is 5. The molecule has 12 heteroatoms. The summed E-state index contributed by atoms with van der Waals surface area (Å²) in [6, 6.07) is 5.61. The van der Waals surface area contributed by atoms with Crippen molar-refractivity contribution < 1.29 is 29.0 Å². The maximum atomic E-state index is 13.1. The van der Waals surface area contributed by atoms with E-state index in [1.165, 1.54) is 0 Å². The second-order valence-corrected chi connectivity index (χ2v) is 11.1. The van der Waals surface area contributed by atoms with E-state index >= 15 is 0 Å². The number of primary amides is 1. The Morgan fingerprint density at radius 1 is 1.07 bits per heavy atom. The highest BCUT2D eigenvalue weighted by Crippen LogP contribution is 2.20. The molecule has 1 atom stereocenters. The Morgan fingerprint density at radius 2 is 1.79 bits per heavy atom. The first-order chi connectivity index (χ1) is 20.0. The van der Waals surface area contributed by atoms with Gasteiger partial charge in [0.25, 0.3) is 0 Å². The van der Waals surface area contributed by atoms with Crippen molar-refractivity contribution in [2.45, 2.75) is 91.4 Å². The Morgan fingerprint density at radius 3 is 2.40 bits per heavy atom. The van der Waals surface area contributed by atoms with Crippen LogP contribution < -0.4 is 32.5 Å². The first kappa shape index (κ1) is 36.8. The Kier molecular flexibility index (Phi) is 18.1. The molecular formula is C30H52N6O6. The van der Waals surface area contributed by atoms with Crippen molar-refractivity contribution >= 4 is 23.5 Å². The summed E-state index contributed by atoms with van der Waals surface area (Å²) in [7, 11) is 1.58. The Hall–Kier alpha value is -3.19. The number of carbonyl (C=O) groups excluding carboxylic acids is 3. The van der Waals surface area contributed by atoms with Gasteiger partial charge in [-0.3, -0.25) is 9.59 Å². The van der Waals surface area contributed by atoms with Crippen molar-refractivity contribution in [3.8, 4) is 0 Å². The standard InChI is InChI=1S/C30H52N6O6/c1-7-9-24(15-17-30(4,5)40-19-16-22(2)3)34-20-27(37)36-26(10-8-18-33-29(31)39)28(38)35-25-13-11-23(12-14-25)21-41-42-32-6/h9,11-14,22,26,32,34H,7-8,10,15-21H2,1-6H3,(H,35,38)(H,36,37)(H3,31,33,39)/b24-9-. The molecule has 1 aromatic carbocycles. The molecule has 0 aromatic heterocycles. The van der Waals surface area contributed by atoms with Crippen LogP contribution in [-0.2, 0) is 30.8 Å². The molecule has 42 heavy (non-hydrogen) atoms. The lowest BCUT2D eigenvalue weighted by molar-refractivity contribution is -0.340. The number of hydroxylamine groups is 1. The van der Waals surface area contributed by atoms with Crippen LogP contribution in [0, 0.1) is 5.92 Å². The van der Waals surface area contributed by atoms with Crippen LogP contribution >= 0.6 is 0 Å². The fraction of sp³-hybridized carbons (Fsp3) is 0.633. The average Bonchev–Trinajstić information content (AvgIpc) is 2.92. The van der Waals surface area contributed by atoms with Crippen molar-refractivity contribution in [2.24, 2.45) is 11.7 Å². The van der Waals surface area contributed by atoms with E-state index in [1.54, 1.807) is 31.3 Å². The number of urea groups is 1. The van der Waals surface area contributed by atoms with Crippen molar-refractivity contribution in [3.63, 3.8) is 0 Å². The third-order valence-electron chi connectivity index (χ3n) is 6.32. The predicted octanol–water partition coefficient (Wildman–Crippen LogP) is 3.65. The van der Waals surface area contributed by atoms with E-state index in [2.05, 4.69) is 65.5 Å². The molecule has 0 heterocycles. The minimum absolute atomic E-state index is 0.0210. The largest absolute Gasteiger partial charge is 0.380 e. The minimum Gasteiger partial charge on any atom is -0.380 e. The summed E-state index contributed by atoms with van der Waals surface area (Å²) in [5.74, 6) is -0.0923. The zero-order valence-electron chi connectivity index (χ0n) is 26.1. The highest BCUT2D eigenvalue weighted by Gasteiger charge is 2.22. The Balaban J connectivity index is 2.73. The van der Waals surface area contributed by atoms with Crippen LogP contribution in [0.3, 0.4) is 0 Å². The second-order valence-electron chi connectivity index (χ2n) is 11.1. The fourth-order valence-electron chi connectivity index (χ4n) is 3.88. The van der Waals surface area contributed by atoms with Crippen molar-refractivity contribution in [1.82, 2.24) is 21.4 Å². The van der Waals surface area contributed by atoms with E-state index < -0.39 is 12.1 Å². The second kappa shape index (κ2) is 20.6. The highest BCUT2D eigenvalue weighted by molar-refractivity contribution is 5.97. The van der Waals surface area contributed by atoms with E-state index in [1.807, 2.05) is 6.92 Å². The zero-order valence-corrected chi connectivity index (χ0v) is 26.1. The van der Waals surface area contributed by atoms with Gasteiger partial charge in [0.2, 0.25) is 11.8 Å². The number of anilines is 1. The van der Waals surface area contributed by atoms with Crippen LogP contribution in [0.4, 0.5) is 10.5 Å². The predicted molar refractivity (Wildman–Crippen MR) is 164 cm³/mol. The molecular weight excluding hydrogens is 540 g/mol. The zero-order chi connectivity index (χ0) is 31.4. The number of rotatable bonds is 22. The number of carbonyl (C=O) groups is 3. The molecule has 238 valence electrons. The van der Waals surface area contributed by atoms with Crippen LogP contribution in [0.1, 0.15) is 78.7 Å². The first-order valence-electron chi connectivity index (χ1n) is 14.7. The first-order valence-corrected chi connectivity index (χ1v) is 14.7. The van der Waals surface area contributed by atoms with Crippen molar-refractivity contribution in [3.05, 3.63) is 41.6 Å². The lowest BCUT2D eigenvalue weighted by atomic mass is 10.0.